The van der Waals surface area contributed by atoms with Crippen LogP contribution in [0.4, 0.5) is 10.5 Å². The first-order chi connectivity index (χ1) is 36.6. The lowest BCUT2D eigenvalue weighted by molar-refractivity contribution is -0.213. The van der Waals surface area contributed by atoms with Crippen molar-refractivity contribution in [3.63, 3.8) is 0 Å². The van der Waals surface area contributed by atoms with Crippen molar-refractivity contribution in [1.29, 1.82) is 0 Å². The first-order valence-corrected chi connectivity index (χ1v) is 32.3. The summed E-state index contributed by atoms with van der Waals surface area (Å²) in [5.74, 6) is 9.16. The number of fused-ring (bicyclic) bond motifs is 10. The first kappa shape index (κ1) is 61.3. The summed E-state index contributed by atoms with van der Waals surface area (Å²) in [5, 5.41) is 36.2. The zero-order valence-electron chi connectivity index (χ0n) is 51.3. The Kier molecular flexibility index (Phi) is 20.2. The van der Waals surface area contributed by atoms with Crippen LogP contribution in [0, 0.1) is 110 Å². The molecule has 440 valence electrons. The Bertz CT molecular complexity index is 2020. The van der Waals surface area contributed by atoms with Crippen LogP contribution < -0.4 is 5.32 Å². The fourth-order valence-electron chi connectivity index (χ4n) is 21.2. The van der Waals surface area contributed by atoms with Crippen LogP contribution in [0.15, 0.2) is 24.3 Å². The van der Waals surface area contributed by atoms with Crippen molar-refractivity contribution in [2.75, 3.05) is 45.6 Å². The molecule has 0 spiro atoms. The number of methoxy groups -OCH3 is 1. The summed E-state index contributed by atoms with van der Waals surface area (Å²) in [6, 6.07) is 8.03. The number of anilines is 1. The molecule has 9 heteroatoms. The quantitative estimate of drug-likeness (QED) is 0.0846. The lowest BCUT2D eigenvalue weighted by Crippen LogP contribution is -2.62. The van der Waals surface area contributed by atoms with Crippen LogP contribution in [0.3, 0.4) is 0 Å². The Morgan fingerprint density at radius 3 is 1.69 bits per heavy atom. The average Bonchev–Trinajstić information content (AvgIpc) is 4.12. The van der Waals surface area contributed by atoms with Gasteiger partial charge in [0.05, 0.1) is 38.1 Å². The van der Waals surface area contributed by atoms with E-state index in [2.05, 4.69) is 101 Å². The third kappa shape index (κ3) is 12.2. The maximum atomic E-state index is 12.5. The second-order valence-electron chi connectivity index (χ2n) is 29.9. The van der Waals surface area contributed by atoms with Gasteiger partial charge in [0.15, 0.2) is 0 Å². The fraction of sp³-hybridized carbons (Fsp3) is 0.897. The predicted molar refractivity (Wildman–Crippen MR) is 312 cm³/mol. The molecule has 0 radical (unpaired) electrons. The fourth-order valence-corrected chi connectivity index (χ4v) is 21.2. The van der Waals surface area contributed by atoms with Crippen LogP contribution in [0.1, 0.15) is 217 Å². The van der Waals surface area contributed by atoms with Gasteiger partial charge < -0.3 is 34.3 Å². The molecule has 8 aliphatic carbocycles. The minimum Gasteiger partial charge on any atom is -0.449 e. The van der Waals surface area contributed by atoms with Crippen LogP contribution in [0.25, 0.3) is 0 Å². The van der Waals surface area contributed by atoms with Crippen molar-refractivity contribution in [1.82, 2.24) is 0 Å². The van der Waals surface area contributed by atoms with Crippen molar-refractivity contribution in [3.8, 4) is 0 Å². The second-order valence-corrected chi connectivity index (χ2v) is 29.9. The number of benzene rings is 1. The number of aliphatic hydroxyl groups excluding tert-OH is 3. The van der Waals surface area contributed by atoms with Gasteiger partial charge in [-0.25, -0.2) is 4.79 Å². The highest BCUT2D eigenvalue weighted by Gasteiger charge is 2.67. The Morgan fingerprint density at radius 1 is 0.662 bits per heavy atom. The average molecular weight is 1070 g/mol. The van der Waals surface area contributed by atoms with E-state index in [0.717, 1.165) is 80.7 Å². The molecule has 8 saturated carbocycles. The van der Waals surface area contributed by atoms with E-state index in [-0.39, 0.29) is 40.7 Å². The summed E-state index contributed by atoms with van der Waals surface area (Å²) in [6.45, 7) is 31.1. The number of aliphatic hydroxyl groups is 3. The number of ether oxygens (including phenoxy) is 4. The number of amides is 1. The molecular formula is C68H115NO8. The van der Waals surface area contributed by atoms with Crippen LogP contribution in [0.2, 0.25) is 0 Å². The third-order valence-electron chi connectivity index (χ3n) is 25.2. The van der Waals surface area contributed by atoms with Crippen LogP contribution in [-0.2, 0) is 24.4 Å². The lowest BCUT2D eigenvalue weighted by atomic mass is 9.41. The van der Waals surface area contributed by atoms with Gasteiger partial charge in [-0.15, -0.1) is 0 Å². The summed E-state index contributed by atoms with van der Waals surface area (Å²) in [6.07, 6.45) is 23.6. The van der Waals surface area contributed by atoms with E-state index in [1.54, 1.807) is 7.11 Å². The molecule has 1 amide bonds. The van der Waals surface area contributed by atoms with Gasteiger partial charge in [0.2, 0.25) is 0 Å². The minimum absolute atomic E-state index is 0.0792. The van der Waals surface area contributed by atoms with E-state index in [0.29, 0.717) is 109 Å². The Hall–Kier alpha value is -1.75. The number of nitrogens with one attached hydrogen (secondary N) is 1. The summed E-state index contributed by atoms with van der Waals surface area (Å²) in [7, 11) is 1.69. The van der Waals surface area contributed by atoms with Gasteiger partial charge >= 0.3 is 6.09 Å². The maximum absolute atomic E-state index is 12.5. The normalized spacial score (nSPS) is 43.0. The highest BCUT2D eigenvalue weighted by molar-refractivity contribution is 5.84. The molecule has 9 nitrogen and oxygen atoms in total. The molecule has 8 aliphatic rings. The largest absolute Gasteiger partial charge is 0.449 e. The number of rotatable bonds is 18. The molecule has 8 fully saturated rings. The molecule has 0 saturated heterocycles. The summed E-state index contributed by atoms with van der Waals surface area (Å²) in [4.78, 5) is 12.5. The van der Waals surface area contributed by atoms with Crippen LogP contribution in [-0.4, -0.2) is 80.1 Å². The van der Waals surface area contributed by atoms with E-state index in [1.807, 2.05) is 12.1 Å². The molecule has 22 atom stereocenters. The maximum Gasteiger partial charge on any atom is 0.411 e. The molecular weight excluding hydrogens is 959 g/mol. The van der Waals surface area contributed by atoms with Gasteiger partial charge in [0.25, 0.3) is 0 Å². The zero-order chi connectivity index (χ0) is 55.7. The number of carbonyl (C=O) groups excluding carboxylic acids is 1. The minimum atomic E-state index is -0.378. The van der Waals surface area contributed by atoms with E-state index < -0.39 is 0 Å². The molecule has 9 rings (SSSR count). The topological polar surface area (TPSA) is 127 Å². The Balaban J connectivity index is 0.000000230. The zero-order valence-corrected chi connectivity index (χ0v) is 51.3. The van der Waals surface area contributed by atoms with E-state index >= 15 is 0 Å². The third-order valence-corrected chi connectivity index (χ3v) is 25.2. The van der Waals surface area contributed by atoms with Gasteiger partial charge in [-0.2, -0.15) is 0 Å². The summed E-state index contributed by atoms with van der Waals surface area (Å²) in [5.41, 5.74) is 3.47. The monoisotopic (exact) mass is 1070 g/mol. The first-order valence-electron chi connectivity index (χ1n) is 32.3. The van der Waals surface area contributed by atoms with E-state index in [4.69, 9.17) is 18.9 Å². The standard InChI is InChI=1S/C41H67NO6.C27H48O2/c1-9-31-35-25-30(48-26-46-24-23-45-8)18-20-41(35,7)34-19-21-40(6)32(16-17-33(40)36(34)37(31)43)27(2)11-10-22-47-38(44)42-29-14-12-28(13-15-29)39(3,4)5;1-6-19-23-16-17(2)11-13-27(23,5)22-12-14-26(4)20(18(3)8-7-15-28)9-10-21(26)24(22)25(19)29/h12-15,27,30-37,43H,9-11,16-26H2,1-8H3,(H,42,44);17-25,28-29H,6-16H2,1-5H3/t27-,30-,31-,32-,33+,34+,35+,36+,37-,40-,41-;17-,18-,19-,20-,21+,22+,23+,24+,25-,26-,27-/m11/s1. The molecule has 0 aromatic heterocycles. The van der Waals surface area contributed by atoms with Crippen molar-refractivity contribution in [3.05, 3.63) is 29.8 Å². The number of hydrogen-bond donors (Lipinski definition) is 4. The molecule has 1 aromatic carbocycles. The van der Waals surface area contributed by atoms with Crippen LogP contribution in [0.5, 0.6) is 0 Å². The van der Waals surface area contributed by atoms with Gasteiger partial charge in [-0.05, 0) is 243 Å². The molecule has 1 aromatic rings. The molecule has 0 aliphatic heterocycles. The van der Waals surface area contributed by atoms with Gasteiger partial charge in [-0.1, -0.05) is 114 Å². The van der Waals surface area contributed by atoms with Crippen molar-refractivity contribution in [2.45, 2.75) is 235 Å². The SMILES string of the molecule is CC[C@H]1[C@@H](O)[C@@H]2[C@H](CC[C@]3(C)[C@@H]([C@H](C)CCCO)CC[C@@H]23)[C@@]2(C)CC[C@@H](C)C[C@@H]12.CC[C@H]1[C@@H](O)[C@@H]2[C@H](CC[C@]3(C)[C@@H]([C@H](C)CCCOC(=O)Nc4ccc(C(C)(C)C)cc4)CC[C@@H]23)[C@@]2(C)CC[C@@H](OCOCCOC)C[C@@H]12. The highest BCUT2D eigenvalue weighted by atomic mass is 16.7. The molecule has 77 heavy (non-hydrogen) atoms. The van der Waals surface area contributed by atoms with Gasteiger partial charge in [0, 0.05) is 19.4 Å². The highest BCUT2D eigenvalue weighted by Crippen LogP contribution is 2.72. The Labute approximate surface area is 470 Å². The summed E-state index contributed by atoms with van der Waals surface area (Å²) >= 11 is 0. The summed E-state index contributed by atoms with van der Waals surface area (Å²) < 4.78 is 22.5. The van der Waals surface area contributed by atoms with Crippen molar-refractivity contribution in [2.24, 2.45) is 110 Å². The number of carbonyl (C=O) groups is 1. The number of hydrogen-bond acceptors (Lipinski definition) is 8. The molecule has 0 unspecified atom stereocenters. The predicted octanol–water partition coefficient (Wildman–Crippen LogP) is 15.5. The van der Waals surface area contributed by atoms with Crippen LogP contribution >= 0.6 is 0 Å². The lowest BCUT2D eigenvalue weighted by Gasteiger charge is -2.65. The molecule has 4 N–H and O–H groups in total. The van der Waals surface area contributed by atoms with Crippen molar-refractivity contribution < 1.29 is 39.1 Å². The smallest absolute Gasteiger partial charge is 0.411 e. The molecule has 0 bridgehead atoms. The van der Waals surface area contributed by atoms with Gasteiger partial charge in [0.1, 0.15) is 6.79 Å². The van der Waals surface area contributed by atoms with E-state index in [9.17, 15) is 20.1 Å². The van der Waals surface area contributed by atoms with Crippen molar-refractivity contribution >= 4 is 11.8 Å². The Morgan fingerprint density at radius 2 is 1.17 bits per heavy atom. The van der Waals surface area contributed by atoms with E-state index in [1.165, 1.54) is 82.6 Å². The second kappa shape index (κ2) is 25.4. The molecule has 0 heterocycles. The van der Waals surface area contributed by atoms with Gasteiger partial charge in [-0.3, -0.25) is 5.32 Å².